The molecule has 2 aromatic heterocycles. The second kappa shape index (κ2) is 4.66. The van der Waals surface area contributed by atoms with E-state index in [1.165, 1.54) is 12.1 Å². The van der Waals surface area contributed by atoms with E-state index in [9.17, 15) is 4.39 Å². The van der Waals surface area contributed by atoms with E-state index in [0.29, 0.717) is 11.7 Å². The van der Waals surface area contributed by atoms with Gasteiger partial charge in [0.05, 0.1) is 14.9 Å². The molecule has 0 aliphatic heterocycles. The molecule has 5 heteroatoms. The predicted octanol–water partition coefficient (Wildman–Crippen LogP) is 4.97. The van der Waals surface area contributed by atoms with Crippen LogP contribution in [0.25, 0.3) is 22.1 Å². The van der Waals surface area contributed by atoms with E-state index in [1.807, 2.05) is 12.1 Å². The van der Waals surface area contributed by atoms with E-state index < -0.39 is 0 Å². The fourth-order valence-electron chi connectivity index (χ4n) is 1.56. The summed E-state index contributed by atoms with van der Waals surface area (Å²) in [4.78, 5) is 5.21. The maximum Gasteiger partial charge on any atom is 0.226 e. The van der Waals surface area contributed by atoms with Crippen LogP contribution in [-0.4, -0.2) is 4.98 Å². The number of rotatable bonds is 2. The van der Waals surface area contributed by atoms with Gasteiger partial charge in [0.15, 0.2) is 5.76 Å². The molecular weight excluding hydrogens is 317 g/mol. The second-order valence-corrected chi connectivity index (χ2v) is 6.10. The molecule has 0 fully saturated rings. The van der Waals surface area contributed by atoms with Crippen molar-refractivity contribution >= 4 is 27.3 Å². The van der Waals surface area contributed by atoms with Crippen molar-refractivity contribution in [2.45, 2.75) is 0 Å². The standard InChI is InChI=1S/C13H7BrFNOS/c14-12-6-5-11(18-12)10-7-16-13(17-10)8-1-3-9(15)4-2-8/h1-7H. The minimum Gasteiger partial charge on any atom is -0.435 e. The van der Waals surface area contributed by atoms with E-state index in [0.717, 1.165) is 14.2 Å². The first-order valence-electron chi connectivity index (χ1n) is 5.20. The Kier molecular flexibility index (Phi) is 3.01. The van der Waals surface area contributed by atoms with Crippen LogP contribution in [0.3, 0.4) is 0 Å². The summed E-state index contributed by atoms with van der Waals surface area (Å²) in [5, 5.41) is 0. The van der Waals surface area contributed by atoms with E-state index >= 15 is 0 Å². The lowest BCUT2D eigenvalue weighted by molar-refractivity contribution is 0.589. The lowest BCUT2D eigenvalue weighted by Crippen LogP contribution is -1.77. The van der Waals surface area contributed by atoms with Crippen molar-refractivity contribution in [3.63, 3.8) is 0 Å². The van der Waals surface area contributed by atoms with Crippen LogP contribution >= 0.6 is 27.3 Å². The molecular formula is C13H7BrFNOS. The molecule has 0 radical (unpaired) electrons. The summed E-state index contributed by atoms with van der Waals surface area (Å²) >= 11 is 4.98. The van der Waals surface area contributed by atoms with Gasteiger partial charge < -0.3 is 4.42 Å². The molecule has 0 aliphatic carbocycles. The van der Waals surface area contributed by atoms with Gasteiger partial charge in [-0.1, -0.05) is 0 Å². The molecule has 0 aliphatic rings. The first kappa shape index (κ1) is 11.6. The number of halogens is 2. The summed E-state index contributed by atoms with van der Waals surface area (Å²) < 4.78 is 19.5. The number of hydrogen-bond acceptors (Lipinski definition) is 3. The zero-order valence-electron chi connectivity index (χ0n) is 9.06. The molecule has 0 atom stereocenters. The molecule has 0 bridgehead atoms. The van der Waals surface area contributed by atoms with Crippen molar-refractivity contribution in [3.05, 3.63) is 52.2 Å². The quantitative estimate of drug-likeness (QED) is 0.665. The van der Waals surface area contributed by atoms with Gasteiger partial charge in [0.2, 0.25) is 5.89 Å². The third-order valence-corrected chi connectivity index (χ3v) is 4.05. The van der Waals surface area contributed by atoms with Crippen LogP contribution in [0.1, 0.15) is 0 Å². The Hall–Kier alpha value is -1.46. The Balaban J connectivity index is 1.96. The van der Waals surface area contributed by atoms with E-state index in [-0.39, 0.29) is 5.82 Å². The molecule has 0 saturated carbocycles. The zero-order valence-corrected chi connectivity index (χ0v) is 11.5. The molecule has 2 heterocycles. The van der Waals surface area contributed by atoms with Crippen LogP contribution in [0.4, 0.5) is 4.39 Å². The number of oxazole rings is 1. The normalized spacial score (nSPS) is 10.8. The van der Waals surface area contributed by atoms with Gasteiger partial charge in [-0.3, -0.25) is 0 Å². The van der Waals surface area contributed by atoms with Crippen molar-refractivity contribution in [1.82, 2.24) is 4.98 Å². The van der Waals surface area contributed by atoms with Crippen LogP contribution in [0, 0.1) is 5.82 Å². The van der Waals surface area contributed by atoms with E-state index in [2.05, 4.69) is 20.9 Å². The average Bonchev–Trinajstić information content (AvgIpc) is 2.98. The second-order valence-electron chi connectivity index (χ2n) is 3.64. The van der Waals surface area contributed by atoms with Gasteiger partial charge in [0, 0.05) is 5.56 Å². The van der Waals surface area contributed by atoms with Crippen LogP contribution in [0.2, 0.25) is 0 Å². The average molecular weight is 324 g/mol. The first-order valence-corrected chi connectivity index (χ1v) is 6.81. The monoisotopic (exact) mass is 323 g/mol. The third kappa shape index (κ3) is 2.23. The number of aromatic nitrogens is 1. The molecule has 1 aromatic carbocycles. The van der Waals surface area contributed by atoms with Gasteiger partial charge in [-0.05, 0) is 52.3 Å². The van der Waals surface area contributed by atoms with Gasteiger partial charge in [0.1, 0.15) is 5.82 Å². The SMILES string of the molecule is Fc1ccc(-c2ncc(-c3ccc(Br)s3)o2)cc1. The van der Waals surface area contributed by atoms with Gasteiger partial charge in [-0.25, -0.2) is 9.37 Å². The number of thiophene rings is 1. The summed E-state index contributed by atoms with van der Waals surface area (Å²) in [5.74, 6) is 0.937. The number of nitrogens with zero attached hydrogens (tertiary/aromatic N) is 1. The largest absolute Gasteiger partial charge is 0.435 e. The summed E-state index contributed by atoms with van der Waals surface area (Å²) in [6, 6.07) is 10.00. The fourth-order valence-corrected chi connectivity index (χ4v) is 2.89. The highest BCUT2D eigenvalue weighted by Gasteiger charge is 2.10. The molecule has 2 nitrogen and oxygen atoms in total. The third-order valence-electron chi connectivity index (χ3n) is 2.41. The Morgan fingerprint density at radius 2 is 1.89 bits per heavy atom. The summed E-state index contributed by atoms with van der Waals surface area (Å²) in [6.45, 7) is 0. The lowest BCUT2D eigenvalue weighted by Gasteiger charge is -1.94. The van der Waals surface area contributed by atoms with Crippen LogP contribution < -0.4 is 0 Å². The number of benzene rings is 1. The van der Waals surface area contributed by atoms with Crippen LogP contribution in [0.15, 0.2) is 50.8 Å². The highest BCUT2D eigenvalue weighted by Crippen LogP contribution is 2.33. The van der Waals surface area contributed by atoms with Crippen molar-refractivity contribution < 1.29 is 8.81 Å². The molecule has 0 unspecified atom stereocenters. The molecule has 3 rings (SSSR count). The Labute approximate surface area is 115 Å². The van der Waals surface area contributed by atoms with Crippen molar-refractivity contribution in [1.29, 1.82) is 0 Å². The van der Waals surface area contributed by atoms with E-state index in [4.69, 9.17) is 4.42 Å². The lowest BCUT2D eigenvalue weighted by atomic mass is 10.2. The highest BCUT2D eigenvalue weighted by molar-refractivity contribution is 9.11. The van der Waals surface area contributed by atoms with Gasteiger partial charge in [-0.2, -0.15) is 0 Å². The Morgan fingerprint density at radius 3 is 2.56 bits per heavy atom. The van der Waals surface area contributed by atoms with Gasteiger partial charge >= 0.3 is 0 Å². The summed E-state index contributed by atoms with van der Waals surface area (Å²) in [5.41, 5.74) is 0.762. The molecule has 90 valence electrons. The molecule has 3 aromatic rings. The Morgan fingerprint density at radius 1 is 1.11 bits per heavy atom. The van der Waals surface area contributed by atoms with Gasteiger partial charge in [0.25, 0.3) is 0 Å². The molecule has 0 N–H and O–H groups in total. The highest BCUT2D eigenvalue weighted by atomic mass is 79.9. The summed E-state index contributed by atoms with van der Waals surface area (Å²) in [6.07, 6.45) is 1.68. The van der Waals surface area contributed by atoms with Gasteiger partial charge in [-0.15, -0.1) is 11.3 Å². The van der Waals surface area contributed by atoms with E-state index in [1.54, 1.807) is 29.7 Å². The molecule has 0 spiro atoms. The van der Waals surface area contributed by atoms with Crippen molar-refractivity contribution in [2.75, 3.05) is 0 Å². The number of hydrogen-bond donors (Lipinski definition) is 0. The maximum atomic E-state index is 12.8. The van der Waals surface area contributed by atoms with Crippen molar-refractivity contribution in [2.24, 2.45) is 0 Å². The zero-order chi connectivity index (χ0) is 12.5. The van der Waals surface area contributed by atoms with Crippen LogP contribution in [0.5, 0.6) is 0 Å². The molecule has 18 heavy (non-hydrogen) atoms. The topological polar surface area (TPSA) is 26.0 Å². The first-order chi connectivity index (χ1) is 8.72. The summed E-state index contributed by atoms with van der Waals surface area (Å²) in [7, 11) is 0. The molecule has 0 amide bonds. The van der Waals surface area contributed by atoms with Crippen LogP contribution in [-0.2, 0) is 0 Å². The predicted molar refractivity (Wildman–Crippen MR) is 72.9 cm³/mol. The Bertz CT molecular complexity index is 674. The minimum atomic E-state index is -0.271. The maximum absolute atomic E-state index is 12.8. The fraction of sp³-hybridized carbons (Fsp3) is 0. The minimum absolute atomic E-state index is 0.271. The van der Waals surface area contributed by atoms with Crippen molar-refractivity contribution in [3.8, 4) is 22.1 Å². The molecule has 0 saturated heterocycles. The smallest absolute Gasteiger partial charge is 0.226 e.